The van der Waals surface area contributed by atoms with Crippen LogP contribution >= 0.6 is 24.0 Å². The molecule has 0 aliphatic carbocycles. The molecule has 3 rings (SSSR count). The molecule has 3 atom stereocenters. The van der Waals surface area contributed by atoms with Gasteiger partial charge in [0.1, 0.15) is 0 Å². The molecular formula is C22H34F3IN4. The monoisotopic (exact) mass is 538 g/mol. The number of hydrogen-bond donors (Lipinski definition) is 1. The summed E-state index contributed by atoms with van der Waals surface area (Å²) in [4.78, 5) is 8.62. The Balaban J connectivity index is 0.00000320. The summed E-state index contributed by atoms with van der Waals surface area (Å²) in [6.07, 6.45) is -2.25. The molecule has 0 saturated carbocycles. The lowest BCUT2D eigenvalue weighted by Gasteiger charge is -2.39. The third-order valence-electron chi connectivity index (χ3n) is 6.04. The van der Waals surface area contributed by atoms with Crippen LogP contribution < -0.4 is 5.32 Å². The Hall–Kier alpha value is -1.03. The van der Waals surface area contributed by atoms with E-state index in [2.05, 4.69) is 54.4 Å². The van der Waals surface area contributed by atoms with Crippen molar-refractivity contribution in [2.24, 2.45) is 16.8 Å². The summed E-state index contributed by atoms with van der Waals surface area (Å²) in [5.41, 5.74) is 1.40. The lowest BCUT2D eigenvalue weighted by molar-refractivity contribution is -0.143. The van der Waals surface area contributed by atoms with E-state index < -0.39 is 12.7 Å². The molecule has 1 aromatic rings. The number of piperidine rings is 1. The smallest absolute Gasteiger partial charge is 0.357 e. The summed E-state index contributed by atoms with van der Waals surface area (Å²) in [5, 5.41) is 3.38. The van der Waals surface area contributed by atoms with Crippen LogP contribution in [-0.4, -0.2) is 67.7 Å². The molecule has 2 heterocycles. The summed E-state index contributed by atoms with van der Waals surface area (Å²) < 4.78 is 37.8. The maximum absolute atomic E-state index is 12.6. The van der Waals surface area contributed by atoms with Gasteiger partial charge in [0.2, 0.25) is 0 Å². The summed E-state index contributed by atoms with van der Waals surface area (Å²) in [7, 11) is 0. The average Bonchev–Trinajstić information content (AvgIpc) is 3.11. The van der Waals surface area contributed by atoms with Crippen LogP contribution in [0.5, 0.6) is 0 Å². The van der Waals surface area contributed by atoms with Crippen LogP contribution in [-0.2, 0) is 0 Å². The fourth-order valence-electron chi connectivity index (χ4n) is 4.63. The highest BCUT2D eigenvalue weighted by Crippen LogP contribution is 2.32. The van der Waals surface area contributed by atoms with E-state index in [1.807, 2.05) is 0 Å². The van der Waals surface area contributed by atoms with Gasteiger partial charge in [0.15, 0.2) is 5.96 Å². The molecule has 30 heavy (non-hydrogen) atoms. The first-order valence-electron chi connectivity index (χ1n) is 10.7. The molecule has 0 bridgehead atoms. The molecule has 3 unspecified atom stereocenters. The van der Waals surface area contributed by atoms with Crippen molar-refractivity contribution in [3.63, 3.8) is 0 Å². The number of hydrogen-bond acceptors (Lipinski definition) is 2. The number of nitrogens with zero attached hydrogens (tertiary/aromatic N) is 3. The summed E-state index contributed by atoms with van der Waals surface area (Å²) in [6.45, 7) is 7.79. The predicted molar refractivity (Wildman–Crippen MR) is 127 cm³/mol. The van der Waals surface area contributed by atoms with E-state index in [0.29, 0.717) is 31.5 Å². The molecule has 2 aliphatic rings. The van der Waals surface area contributed by atoms with Crippen molar-refractivity contribution in [1.29, 1.82) is 0 Å². The third kappa shape index (κ3) is 7.28. The molecule has 2 saturated heterocycles. The van der Waals surface area contributed by atoms with Crippen molar-refractivity contribution in [2.45, 2.75) is 38.8 Å². The van der Waals surface area contributed by atoms with E-state index in [-0.39, 0.29) is 29.9 Å². The average molecular weight is 538 g/mol. The van der Waals surface area contributed by atoms with Crippen LogP contribution in [0.1, 0.15) is 38.2 Å². The fraction of sp³-hybridized carbons (Fsp3) is 0.682. The number of halogens is 4. The molecule has 2 fully saturated rings. The van der Waals surface area contributed by atoms with Crippen LogP contribution in [0.25, 0.3) is 0 Å². The zero-order chi connectivity index (χ0) is 20.9. The second-order valence-electron chi connectivity index (χ2n) is 8.43. The molecule has 1 aromatic carbocycles. The Morgan fingerprint density at radius 2 is 1.87 bits per heavy atom. The second kappa shape index (κ2) is 11.5. The van der Waals surface area contributed by atoms with Crippen molar-refractivity contribution in [2.75, 3.05) is 45.8 Å². The van der Waals surface area contributed by atoms with Crippen LogP contribution in [0.15, 0.2) is 35.3 Å². The van der Waals surface area contributed by atoms with Crippen molar-refractivity contribution >= 4 is 29.9 Å². The third-order valence-corrected chi connectivity index (χ3v) is 6.04. The first-order chi connectivity index (χ1) is 13.9. The molecule has 2 aliphatic heterocycles. The minimum Gasteiger partial charge on any atom is -0.357 e. The number of guanidine groups is 1. The van der Waals surface area contributed by atoms with Crippen LogP contribution in [0.4, 0.5) is 13.2 Å². The highest BCUT2D eigenvalue weighted by atomic mass is 127. The molecular weight excluding hydrogens is 504 g/mol. The molecule has 0 amide bonds. The van der Waals surface area contributed by atoms with E-state index in [1.54, 1.807) is 0 Å². The highest BCUT2D eigenvalue weighted by molar-refractivity contribution is 14.0. The number of aliphatic imine (C=N–C) groups is 1. The van der Waals surface area contributed by atoms with E-state index in [4.69, 9.17) is 4.99 Å². The zero-order valence-corrected chi connectivity index (χ0v) is 20.2. The predicted octanol–water partition coefficient (Wildman–Crippen LogP) is 4.58. The number of alkyl halides is 3. The number of rotatable bonds is 5. The van der Waals surface area contributed by atoms with Crippen molar-refractivity contribution in [3.05, 3.63) is 35.9 Å². The molecule has 1 N–H and O–H groups in total. The first-order valence-corrected chi connectivity index (χ1v) is 10.7. The van der Waals surface area contributed by atoms with Crippen LogP contribution in [0.3, 0.4) is 0 Å². The molecule has 170 valence electrons. The molecule has 4 nitrogen and oxygen atoms in total. The topological polar surface area (TPSA) is 30.9 Å². The Morgan fingerprint density at radius 3 is 2.50 bits per heavy atom. The van der Waals surface area contributed by atoms with E-state index in [0.717, 1.165) is 38.4 Å². The van der Waals surface area contributed by atoms with E-state index >= 15 is 0 Å². The van der Waals surface area contributed by atoms with E-state index in [1.165, 1.54) is 10.5 Å². The summed E-state index contributed by atoms with van der Waals surface area (Å²) >= 11 is 0. The lowest BCUT2D eigenvalue weighted by Crippen LogP contribution is -2.48. The highest BCUT2D eigenvalue weighted by Gasteiger charge is 2.34. The van der Waals surface area contributed by atoms with Crippen molar-refractivity contribution in [1.82, 2.24) is 15.1 Å². The largest absolute Gasteiger partial charge is 0.401 e. The Kier molecular flexibility index (Phi) is 9.71. The summed E-state index contributed by atoms with van der Waals surface area (Å²) in [6, 6.07) is 10.7. The number of benzene rings is 1. The molecule has 0 radical (unpaired) electrons. The van der Waals surface area contributed by atoms with Gasteiger partial charge in [-0.15, -0.1) is 24.0 Å². The standard InChI is InChI=1S/C22H33F3N4.HI/c1-3-26-21(27-13-18-9-11-28(15-18)16-22(23,24)25)29-12-10-20(17(2)14-29)19-7-5-4-6-8-19;/h4-8,17-18,20H,3,9-16H2,1-2H3,(H,26,27);1H. The van der Waals surface area contributed by atoms with Crippen LogP contribution in [0, 0.1) is 11.8 Å². The van der Waals surface area contributed by atoms with Gasteiger partial charge < -0.3 is 10.2 Å². The van der Waals surface area contributed by atoms with E-state index in [9.17, 15) is 13.2 Å². The van der Waals surface area contributed by atoms with Gasteiger partial charge in [-0.1, -0.05) is 37.3 Å². The lowest BCUT2D eigenvalue weighted by atomic mass is 9.82. The van der Waals surface area contributed by atoms with Crippen LogP contribution in [0.2, 0.25) is 0 Å². The first kappa shape index (κ1) is 25.2. The maximum Gasteiger partial charge on any atom is 0.401 e. The Labute approximate surface area is 195 Å². The minimum absolute atomic E-state index is 0. The normalized spacial score (nSPS) is 25.8. The van der Waals surface area contributed by atoms with Gasteiger partial charge in [0.05, 0.1) is 6.54 Å². The molecule has 0 aromatic heterocycles. The van der Waals surface area contributed by atoms with Crippen molar-refractivity contribution in [3.8, 4) is 0 Å². The van der Waals surface area contributed by atoms with Gasteiger partial charge in [-0.05, 0) is 49.6 Å². The summed E-state index contributed by atoms with van der Waals surface area (Å²) in [5.74, 6) is 2.18. The number of nitrogens with one attached hydrogen (secondary N) is 1. The second-order valence-corrected chi connectivity index (χ2v) is 8.43. The quantitative estimate of drug-likeness (QED) is 0.339. The van der Waals surface area contributed by atoms with Gasteiger partial charge >= 0.3 is 6.18 Å². The number of likely N-dealkylation sites (tertiary alicyclic amines) is 2. The molecule has 0 spiro atoms. The van der Waals surface area contributed by atoms with Gasteiger partial charge in [0, 0.05) is 32.7 Å². The van der Waals surface area contributed by atoms with Crippen molar-refractivity contribution < 1.29 is 13.2 Å². The van der Waals surface area contributed by atoms with Gasteiger partial charge in [-0.3, -0.25) is 9.89 Å². The maximum atomic E-state index is 12.6. The van der Waals surface area contributed by atoms with Gasteiger partial charge in [0.25, 0.3) is 0 Å². The molecule has 8 heteroatoms. The SMILES string of the molecule is CCNC(=NCC1CCN(CC(F)(F)F)C1)N1CCC(c2ccccc2)C(C)C1.I. The zero-order valence-electron chi connectivity index (χ0n) is 17.9. The Bertz CT molecular complexity index is 668. The minimum atomic E-state index is -4.12. The van der Waals surface area contributed by atoms with Gasteiger partial charge in [-0.2, -0.15) is 13.2 Å². The fourth-order valence-corrected chi connectivity index (χ4v) is 4.63. The Morgan fingerprint density at radius 1 is 1.13 bits per heavy atom. The van der Waals surface area contributed by atoms with Gasteiger partial charge in [-0.25, -0.2) is 0 Å².